The zero-order valence-corrected chi connectivity index (χ0v) is 11.6. The van der Waals surface area contributed by atoms with Crippen molar-refractivity contribution in [1.29, 1.82) is 0 Å². The van der Waals surface area contributed by atoms with Crippen molar-refractivity contribution in [3.8, 4) is 0 Å². The molecular formula is C10H11BrClF3N2O. The molecule has 1 aromatic rings. The maximum Gasteiger partial charge on any atom is 0.416 e. The molecule has 0 radical (unpaired) electrons. The molecular weight excluding hydrogens is 336 g/mol. The Morgan fingerprint density at radius 3 is 2.39 bits per heavy atom. The van der Waals surface area contributed by atoms with Crippen LogP contribution in [-0.4, -0.2) is 11.9 Å². The third-order valence-electron chi connectivity index (χ3n) is 1.91. The Labute approximate surface area is 116 Å². The second-order valence-corrected chi connectivity index (χ2v) is 4.42. The van der Waals surface area contributed by atoms with Crippen molar-refractivity contribution in [2.75, 3.05) is 5.32 Å². The molecule has 0 aromatic heterocycles. The van der Waals surface area contributed by atoms with Crippen LogP contribution in [0.4, 0.5) is 18.9 Å². The van der Waals surface area contributed by atoms with E-state index in [9.17, 15) is 18.0 Å². The van der Waals surface area contributed by atoms with Crippen molar-refractivity contribution in [1.82, 2.24) is 0 Å². The summed E-state index contributed by atoms with van der Waals surface area (Å²) >= 11 is 2.95. The van der Waals surface area contributed by atoms with Crippen LogP contribution in [0.1, 0.15) is 12.5 Å². The van der Waals surface area contributed by atoms with Crippen LogP contribution in [0.5, 0.6) is 0 Å². The molecule has 0 unspecified atom stereocenters. The third kappa shape index (κ3) is 4.83. The summed E-state index contributed by atoms with van der Waals surface area (Å²) in [5, 5.41) is 2.30. The number of benzene rings is 1. The molecule has 0 heterocycles. The zero-order valence-electron chi connectivity index (χ0n) is 9.22. The Balaban J connectivity index is 0.00000289. The first-order valence-electron chi connectivity index (χ1n) is 4.64. The standard InChI is InChI=1S/C10H10BrF3N2O.ClH/c1-5(15)9(17)16-8-3-6(10(12,13)14)2-7(11)4-8;/h2-5H,15H2,1H3,(H,16,17);1H/t5-;/m0./s1. The molecule has 8 heteroatoms. The van der Waals surface area contributed by atoms with Gasteiger partial charge in [-0.1, -0.05) is 15.9 Å². The van der Waals surface area contributed by atoms with Gasteiger partial charge in [0, 0.05) is 10.2 Å². The van der Waals surface area contributed by atoms with E-state index in [1.54, 1.807) is 0 Å². The monoisotopic (exact) mass is 346 g/mol. The van der Waals surface area contributed by atoms with Crippen LogP contribution in [0.25, 0.3) is 0 Å². The number of hydrogen-bond donors (Lipinski definition) is 2. The smallest absolute Gasteiger partial charge is 0.325 e. The number of halogens is 5. The van der Waals surface area contributed by atoms with Gasteiger partial charge in [-0.15, -0.1) is 12.4 Å². The molecule has 1 aromatic carbocycles. The summed E-state index contributed by atoms with van der Waals surface area (Å²) < 4.78 is 37.7. The number of carbonyl (C=O) groups excluding carboxylic acids is 1. The summed E-state index contributed by atoms with van der Waals surface area (Å²) in [4.78, 5) is 11.3. The van der Waals surface area contributed by atoms with Crippen molar-refractivity contribution in [2.45, 2.75) is 19.1 Å². The summed E-state index contributed by atoms with van der Waals surface area (Å²) in [5.74, 6) is -0.545. The van der Waals surface area contributed by atoms with Gasteiger partial charge in [-0.25, -0.2) is 0 Å². The number of alkyl halides is 3. The van der Waals surface area contributed by atoms with E-state index >= 15 is 0 Å². The normalized spacial score (nSPS) is 12.6. The number of anilines is 1. The highest BCUT2D eigenvalue weighted by molar-refractivity contribution is 9.10. The Hall–Kier alpha value is -0.790. The number of rotatable bonds is 2. The maximum atomic E-state index is 12.5. The minimum atomic E-state index is -4.46. The van der Waals surface area contributed by atoms with Crippen molar-refractivity contribution < 1.29 is 18.0 Å². The third-order valence-corrected chi connectivity index (χ3v) is 2.36. The van der Waals surface area contributed by atoms with Gasteiger partial charge in [0.1, 0.15) is 0 Å². The van der Waals surface area contributed by atoms with E-state index in [0.29, 0.717) is 0 Å². The summed E-state index contributed by atoms with van der Waals surface area (Å²) in [6, 6.07) is 2.37. The molecule has 102 valence electrons. The summed E-state index contributed by atoms with van der Waals surface area (Å²) in [7, 11) is 0. The first-order valence-corrected chi connectivity index (χ1v) is 5.43. The maximum absolute atomic E-state index is 12.5. The lowest BCUT2D eigenvalue weighted by atomic mass is 10.2. The minimum Gasteiger partial charge on any atom is -0.325 e. The fourth-order valence-electron chi connectivity index (χ4n) is 1.08. The Kier molecular flexibility index (Phi) is 6.12. The van der Waals surface area contributed by atoms with Gasteiger partial charge < -0.3 is 11.1 Å². The highest BCUT2D eigenvalue weighted by atomic mass is 79.9. The van der Waals surface area contributed by atoms with E-state index in [0.717, 1.165) is 12.1 Å². The molecule has 3 nitrogen and oxygen atoms in total. The Bertz CT molecular complexity index is 438. The number of hydrogen-bond acceptors (Lipinski definition) is 2. The zero-order chi connectivity index (χ0) is 13.2. The van der Waals surface area contributed by atoms with Crippen molar-refractivity contribution >= 4 is 39.9 Å². The van der Waals surface area contributed by atoms with Gasteiger partial charge in [-0.2, -0.15) is 13.2 Å². The van der Waals surface area contributed by atoms with Crippen LogP contribution in [0, 0.1) is 0 Å². The van der Waals surface area contributed by atoms with Crippen molar-refractivity contribution in [3.63, 3.8) is 0 Å². The fraction of sp³-hybridized carbons (Fsp3) is 0.300. The number of nitrogens with one attached hydrogen (secondary N) is 1. The van der Waals surface area contributed by atoms with Crippen LogP contribution in [0.15, 0.2) is 22.7 Å². The quantitative estimate of drug-likeness (QED) is 0.863. The Morgan fingerprint density at radius 2 is 1.94 bits per heavy atom. The van der Waals surface area contributed by atoms with E-state index in [1.165, 1.54) is 13.0 Å². The number of nitrogens with two attached hydrogens (primary N) is 1. The first kappa shape index (κ1) is 17.2. The second kappa shape index (κ2) is 6.40. The lowest BCUT2D eigenvalue weighted by molar-refractivity contribution is -0.137. The SMILES string of the molecule is C[C@H](N)C(=O)Nc1cc(Br)cc(C(F)(F)F)c1.Cl. The molecule has 0 fully saturated rings. The molecule has 1 atom stereocenters. The average Bonchev–Trinajstić information content (AvgIpc) is 2.15. The predicted molar refractivity (Wildman–Crippen MR) is 68.7 cm³/mol. The van der Waals surface area contributed by atoms with Gasteiger partial charge >= 0.3 is 6.18 Å². The molecule has 1 amide bonds. The average molecular weight is 348 g/mol. The molecule has 0 aliphatic heterocycles. The summed E-state index contributed by atoms with van der Waals surface area (Å²) in [5.41, 5.74) is 4.51. The summed E-state index contributed by atoms with van der Waals surface area (Å²) in [6.45, 7) is 1.44. The number of amides is 1. The molecule has 0 saturated carbocycles. The second-order valence-electron chi connectivity index (χ2n) is 3.50. The molecule has 18 heavy (non-hydrogen) atoms. The van der Waals surface area contributed by atoms with Crippen LogP contribution >= 0.6 is 28.3 Å². The summed E-state index contributed by atoms with van der Waals surface area (Å²) in [6.07, 6.45) is -4.46. The van der Waals surface area contributed by atoms with E-state index in [1.807, 2.05) is 0 Å². The molecule has 0 aliphatic carbocycles. The highest BCUT2D eigenvalue weighted by Gasteiger charge is 2.31. The molecule has 0 bridgehead atoms. The minimum absolute atomic E-state index is 0. The van der Waals surface area contributed by atoms with Gasteiger partial charge in [0.2, 0.25) is 5.91 Å². The van der Waals surface area contributed by atoms with E-state index in [4.69, 9.17) is 5.73 Å². The lowest BCUT2D eigenvalue weighted by Crippen LogP contribution is -2.32. The molecule has 1 rings (SSSR count). The van der Waals surface area contributed by atoms with Crippen LogP contribution in [0.3, 0.4) is 0 Å². The molecule has 0 spiro atoms. The van der Waals surface area contributed by atoms with Gasteiger partial charge in [0.05, 0.1) is 11.6 Å². The van der Waals surface area contributed by atoms with Crippen molar-refractivity contribution in [3.05, 3.63) is 28.2 Å². The topological polar surface area (TPSA) is 55.1 Å². The Morgan fingerprint density at radius 1 is 1.39 bits per heavy atom. The van der Waals surface area contributed by atoms with Crippen LogP contribution in [-0.2, 0) is 11.0 Å². The van der Waals surface area contributed by atoms with Gasteiger partial charge in [-0.3, -0.25) is 4.79 Å². The van der Waals surface area contributed by atoms with Crippen molar-refractivity contribution in [2.24, 2.45) is 5.73 Å². The molecule has 0 saturated heterocycles. The van der Waals surface area contributed by atoms with Gasteiger partial charge in [0.25, 0.3) is 0 Å². The number of carbonyl (C=O) groups is 1. The predicted octanol–water partition coefficient (Wildman–Crippen LogP) is 3.18. The van der Waals surface area contributed by atoms with Gasteiger partial charge in [0.15, 0.2) is 0 Å². The largest absolute Gasteiger partial charge is 0.416 e. The first-order chi connectivity index (χ1) is 7.70. The lowest BCUT2D eigenvalue weighted by Gasteiger charge is -2.12. The fourth-order valence-corrected chi connectivity index (χ4v) is 1.57. The van der Waals surface area contributed by atoms with Crippen LogP contribution in [0.2, 0.25) is 0 Å². The van der Waals surface area contributed by atoms with E-state index in [2.05, 4.69) is 21.2 Å². The highest BCUT2D eigenvalue weighted by Crippen LogP contribution is 2.33. The molecule has 0 aliphatic rings. The molecule has 3 N–H and O–H groups in total. The van der Waals surface area contributed by atoms with Gasteiger partial charge in [-0.05, 0) is 25.1 Å². The van der Waals surface area contributed by atoms with E-state index < -0.39 is 23.7 Å². The van der Waals surface area contributed by atoms with E-state index in [-0.39, 0.29) is 22.6 Å². The van der Waals surface area contributed by atoms with Crippen LogP contribution < -0.4 is 11.1 Å².